The molecule has 1 N–H and O–H groups in total. The van der Waals surface area contributed by atoms with Gasteiger partial charge in [0.05, 0.1) is 10.8 Å². The van der Waals surface area contributed by atoms with Gasteiger partial charge in [0, 0.05) is 23.6 Å². The van der Waals surface area contributed by atoms with E-state index in [-0.39, 0.29) is 5.69 Å². The molecule has 0 aromatic heterocycles. The summed E-state index contributed by atoms with van der Waals surface area (Å²) < 4.78 is 0.634. The summed E-state index contributed by atoms with van der Waals surface area (Å²) in [5.41, 5.74) is 0.486. The fourth-order valence-electron chi connectivity index (χ4n) is 2.31. The summed E-state index contributed by atoms with van der Waals surface area (Å²) in [6.07, 6.45) is 1.35. The number of hydrogen-bond donors (Lipinski definition) is 1. The normalized spacial score (nSPS) is 19.2. The largest absolute Gasteiger partial charge is 0.481 e. The molecule has 1 aromatic rings. The summed E-state index contributed by atoms with van der Waals surface area (Å²) >= 11 is 3.21. The number of piperidine rings is 1. The lowest BCUT2D eigenvalue weighted by molar-refractivity contribution is -0.384. The average molecular weight is 329 g/mol. The van der Waals surface area contributed by atoms with Gasteiger partial charge in [-0.3, -0.25) is 14.9 Å². The van der Waals surface area contributed by atoms with Gasteiger partial charge in [-0.1, -0.05) is 15.9 Å². The molecule has 6 nitrogen and oxygen atoms in total. The Hall–Kier alpha value is -1.63. The molecule has 0 saturated carbocycles. The number of nitro groups is 1. The third-order valence-corrected chi connectivity index (χ3v) is 3.74. The fourth-order valence-corrected chi connectivity index (χ4v) is 2.66. The van der Waals surface area contributed by atoms with Gasteiger partial charge in [0.1, 0.15) is 5.69 Å². The zero-order valence-corrected chi connectivity index (χ0v) is 11.7. The summed E-state index contributed by atoms with van der Waals surface area (Å²) in [5.74, 6) is -1.30. The number of hydrogen-bond acceptors (Lipinski definition) is 4. The molecule has 0 bridgehead atoms. The molecule has 0 aliphatic carbocycles. The van der Waals surface area contributed by atoms with Crippen LogP contribution in [0.4, 0.5) is 11.4 Å². The Morgan fingerprint density at radius 2 is 2.26 bits per heavy atom. The molecule has 1 atom stereocenters. The quantitative estimate of drug-likeness (QED) is 0.681. The van der Waals surface area contributed by atoms with Crippen molar-refractivity contribution in [3.8, 4) is 0 Å². The van der Waals surface area contributed by atoms with E-state index in [1.165, 1.54) is 6.07 Å². The zero-order chi connectivity index (χ0) is 14.0. The topological polar surface area (TPSA) is 83.7 Å². The van der Waals surface area contributed by atoms with Crippen LogP contribution in [0.15, 0.2) is 22.7 Å². The van der Waals surface area contributed by atoms with Crippen molar-refractivity contribution in [1.82, 2.24) is 0 Å². The van der Waals surface area contributed by atoms with Crippen LogP contribution >= 0.6 is 15.9 Å². The second-order valence-electron chi connectivity index (χ2n) is 4.51. The van der Waals surface area contributed by atoms with Gasteiger partial charge in [-0.2, -0.15) is 0 Å². The first kappa shape index (κ1) is 13.8. The maximum Gasteiger partial charge on any atom is 0.308 e. The molecular weight excluding hydrogens is 316 g/mol. The van der Waals surface area contributed by atoms with Crippen molar-refractivity contribution in [3.63, 3.8) is 0 Å². The molecule has 2 rings (SSSR count). The molecule has 0 amide bonds. The fraction of sp³-hybridized carbons (Fsp3) is 0.417. The molecule has 19 heavy (non-hydrogen) atoms. The van der Waals surface area contributed by atoms with Crippen molar-refractivity contribution >= 4 is 33.3 Å². The number of benzene rings is 1. The van der Waals surface area contributed by atoms with E-state index in [0.717, 1.165) is 6.42 Å². The first-order valence-electron chi connectivity index (χ1n) is 5.90. The van der Waals surface area contributed by atoms with E-state index >= 15 is 0 Å². The Morgan fingerprint density at radius 1 is 1.53 bits per heavy atom. The molecule has 1 aromatic carbocycles. The Bertz CT molecular complexity index is 520. The van der Waals surface area contributed by atoms with E-state index in [4.69, 9.17) is 5.11 Å². The van der Waals surface area contributed by atoms with Crippen molar-refractivity contribution in [1.29, 1.82) is 0 Å². The lowest BCUT2D eigenvalue weighted by Crippen LogP contribution is -2.38. The lowest BCUT2D eigenvalue weighted by atomic mass is 9.97. The number of nitrogens with zero attached hydrogens (tertiary/aromatic N) is 2. The summed E-state index contributed by atoms with van der Waals surface area (Å²) in [5, 5.41) is 20.1. The highest BCUT2D eigenvalue weighted by Gasteiger charge is 2.29. The number of aliphatic carboxylic acids is 1. The van der Waals surface area contributed by atoms with Crippen LogP contribution in [0.1, 0.15) is 12.8 Å². The van der Waals surface area contributed by atoms with Crippen molar-refractivity contribution in [3.05, 3.63) is 32.8 Å². The Labute approximate surface area is 118 Å². The van der Waals surface area contributed by atoms with Crippen molar-refractivity contribution in [2.75, 3.05) is 18.0 Å². The number of carbonyl (C=O) groups is 1. The third-order valence-electron chi connectivity index (χ3n) is 3.25. The van der Waals surface area contributed by atoms with Gasteiger partial charge in [0.15, 0.2) is 0 Å². The first-order chi connectivity index (χ1) is 8.99. The highest BCUT2D eigenvalue weighted by atomic mass is 79.9. The Balaban J connectivity index is 2.30. The van der Waals surface area contributed by atoms with Crippen LogP contribution < -0.4 is 4.90 Å². The molecule has 1 unspecified atom stereocenters. The van der Waals surface area contributed by atoms with E-state index < -0.39 is 16.8 Å². The monoisotopic (exact) mass is 328 g/mol. The van der Waals surface area contributed by atoms with Crippen molar-refractivity contribution < 1.29 is 14.8 Å². The van der Waals surface area contributed by atoms with Gasteiger partial charge in [-0.05, 0) is 25.0 Å². The number of anilines is 1. The van der Waals surface area contributed by atoms with Crippen LogP contribution in [0.3, 0.4) is 0 Å². The molecular formula is C12H13BrN2O4. The molecule has 1 aliphatic rings. The predicted molar refractivity (Wildman–Crippen MR) is 73.4 cm³/mol. The number of nitro benzene ring substituents is 1. The molecule has 1 aliphatic heterocycles. The molecule has 7 heteroatoms. The highest BCUT2D eigenvalue weighted by Crippen LogP contribution is 2.33. The average Bonchev–Trinajstić information content (AvgIpc) is 2.38. The Morgan fingerprint density at radius 3 is 2.89 bits per heavy atom. The molecule has 0 spiro atoms. The second-order valence-corrected chi connectivity index (χ2v) is 5.43. The molecule has 1 saturated heterocycles. The van der Waals surface area contributed by atoms with Gasteiger partial charge in [-0.25, -0.2) is 0 Å². The van der Waals surface area contributed by atoms with Crippen LogP contribution in [0, 0.1) is 16.0 Å². The van der Waals surface area contributed by atoms with Crippen LogP contribution in [0.5, 0.6) is 0 Å². The van der Waals surface area contributed by atoms with Gasteiger partial charge >= 0.3 is 5.97 Å². The van der Waals surface area contributed by atoms with E-state index in [0.29, 0.717) is 29.7 Å². The minimum atomic E-state index is -0.843. The Kier molecular flexibility index (Phi) is 4.04. The predicted octanol–water partition coefficient (Wildman–Crippen LogP) is 2.66. The molecule has 1 heterocycles. The van der Waals surface area contributed by atoms with Gasteiger partial charge < -0.3 is 10.0 Å². The SMILES string of the molecule is O=C(O)C1CCCN(c2ccc(Br)cc2[N+](=O)[O-])C1. The summed E-state index contributed by atoms with van der Waals surface area (Å²) in [7, 11) is 0. The van der Waals surface area contributed by atoms with Crippen LogP contribution in [0.25, 0.3) is 0 Å². The van der Waals surface area contributed by atoms with Gasteiger partial charge in [0.25, 0.3) is 5.69 Å². The molecule has 1 fully saturated rings. The van der Waals surface area contributed by atoms with Crippen LogP contribution in [-0.2, 0) is 4.79 Å². The molecule has 0 radical (unpaired) electrons. The summed E-state index contributed by atoms with van der Waals surface area (Å²) in [4.78, 5) is 23.5. The second kappa shape index (κ2) is 5.56. The van der Waals surface area contributed by atoms with Crippen molar-refractivity contribution in [2.45, 2.75) is 12.8 Å². The number of carboxylic acids is 1. The number of rotatable bonds is 3. The minimum Gasteiger partial charge on any atom is -0.481 e. The van der Waals surface area contributed by atoms with E-state index in [1.54, 1.807) is 17.0 Å². The zero-order valence-electron chi connectivity index (χ0n) is 10.1. The van der Waals surface area contributed by atoms with Crippen molar-refractivity contribution in [2.24, 2.45) is 5.92 Å². The summed E-state index contributed by atoms with van der Waals surface area (Å²) in [6.45, 7) is 0.962. The smallest absolute Gasteiger partial charge is 0.308 e. The summed E-state index contributed by atoms with van der Waals surface area (Å²) in [6, 6.07) is 4.83. The number of halogens is 1. The number of carboxylic acid groups (broad SMARTS) is 1. The lowest BCUT2D eigenvalue weighted by Gasteiger charge is -2.32. The maximum atomic E-state index is 11.1. The van der Waals surface area contributed by atoms with E-state index in [2.05, 4.69) is 15.9 Å². The van der Waals surface area contributed by atoms with E-state index in [1.807, 2.05) is 0 Å². The van der Waals surface area contributed by atoms with E-state index in [9.17, 15) is 14.9 Å². The van der Waals surface area contributed by atoms with Crippen LogP contribution in [-0.4, -0.2) is 29.1 Å². The highest BCUT2D eigenvalue weighted by molar-refractivity contribution is 9.10. The van der Waals surface area contributed by atoms with Gasteiger partial charge in [0.2, 0.25) is 0 Å². The first-order valence-corrected chi connectivity index (χ1v) is 6.70. The third kappa shape index (κ3) is 3.04. The maximum absolute atomic E-state index is 11.1. The molecule has 102 valence electrons. The van der Waals surface area contributed by atoms with Crippen LogP contribution in [0.2, 0.25) is 0 Å². The standard InChI is InChI=1S/C12H13BrN2O4/c13-9-3-4-10(11(6-9)15(18)19)14-5-1-2-8(7-14)12(16)17/h3-4,6,8H,1-2,5,7H2,(H,16,17). The minimum absolute atomic E-state index is 0.000383. The van der Waals surface area contributed by atoms with Gasteiger partial charge in [-0.15, -0.1) is 0 Å².